The van der Waals surface area contributed by atoms with E-state index in [2.05, 4.69) is 29.2 Å². The molecule has 1 saturated heterocycles. The van der Waals surface area contributed by atoms with Crippen LogP contribution in [0.15, 0.2) is 36.4 Å². The quantitative estimate of drug-likeness (QED) is 0.635. The summed E-state index contributed by atoms with van der Waals surface area (Å²) in [6.45, 7) is 6.26. The third kappa shape index (κ3) is 4.95. The lowest BCUT2D eigenvalue weighted by Gasteiger charge is -2.26. The molecule has 0 radical (unpaired) electrons. The van der Waals surface area contributed by atoms with Gasteiger partial charge in [0.25, 0.3) is 0 Å². The van der Waals surface area contributed by atoms with Crippen LogP contribution in [0.2, 0.25) is 0 Å². The summed E-state index contributed by atoms with van der Waals surface area (Å²) in [4.78, 5) is 2.42. The molecule has 1 unspecified atom stereocenters. The smallest absolute Gasteiger partial charge is 0.231 e. The van der Waals surface area contributed by atoms with Crippen molar-refractivity contribution in [3.63, 3.8) is 0 Å². The van der Waals surface area contributed by atoms with E-state index in [-0.39, 0.29) is 6.10 Å². The Morgan fingerprint density at radius 1 is 1.00 bits per heavy atom. The lowest BCUT2D eigenvalue weighted by atomic mass is 10.1. The number of hydrogen-bond acceptors (Lipinski definition) is 6. The zero-order chi connectivity index (χ0) is 20.1. The van der Waals surface area contributed by atoms with E-state index in [0.29, 0.717) is 13.4 Å². The van der Waals surface area contributed by atoms with Crippen molar-refractivity contribution in [2.75, 3.05) is 33.7 Å². The largest absolute Gasteiger partial charge is 0.493 e. The highest BCUT2D eigenvalue weighted by Gasteiger charge is 2.21. The Balaban J connectivity index is 1.51. The van der Waals surface area contributed by atoms with Crippen LogP contribution in [-0.2, 0) is 17.8 Å². The van der Waals surface area contributed by atoms with Crippen molar-refractivity contribution in [2.45, 2.75) is 39.0 Å². The Bertz CT molecular complexity index is 819. The predicted molar refractivity (Wildman–Crippen MR) is 110 cm³/mol. The molecule has 0 aliphatic carbocycles. The van der Waals surface area contributed by atoms with Crippen LogP contribution in [0.5, 0.6) is 23.0 Å². The molecule has 1 atom stereocenters. The van der Waals surface area contributed by atoms with Gasteiger partial charge in [-0.25, -0.2) is 0 Å². The minimum Gasteiger partial charge on any atom is -0.493 e. The lowest BCUT2D eigenvalue weighted by Crippen LogP contribution is -2.31. The standard InChI is InChI=1S/C23H29NO5/c1-3-26-22-11-17(6-8-20(22)25-2)13-24(15-19-5-4-10-27-19)14-18-7-9-21-23(12-18)29-16-28-21/h6-9,11-12,19H,3-5,10,13-16H2,1-2H3. The molecule has 6 nitrogen and oxygen atoms in total. The van der Waals surface area contributed by atoms with Crippen LogP contribution >= 0.6 is 0 Å². The average Bonchev–Trinajstić information content (AvgIpc) is 3.40. The van der Waals surface area contributed by atoms with Gasteiger partial charge in [0.1, 0.15) is 0 Å². The molecule has 1 fully saturated rings. The molecule has 2 aromatic carbocycles. The Hall–Kier alpha value is -2.44. The monoisotopic (exact) mass is 399 g/mol. The molecular weight excluding hydrogens is 370 g/mol. The molecule has 0 spiro atoms. The first-order valence-electron chi connectivity index (χ1n) is 10.3. The first kappa shape index (κ1) is 19.9. The molecule has 2 aliphatic heterocycles. The summed E-state index contributed by atoms with van der Waals surface area (Å²) in [5.41, 5.74) is 2.39. The van der Waals surface area contributed by atoms with Crippen LogP contribution in [0.25, 0.3) is 0 Å². The summed E-state index contributed by atoms with van der Waals surface area (Å²) in [6.07, 6.45) is 2.54. The van der Waals surface area contributed by atoms with Gasteiger partial charge in [0.15, 0.2) is 23.0 Å². The summed E-state index contributed by atoms with van der Waals surface area (Å²) >= 11 is 0. The van der Waals surface area contributed by atoms with Gasteiger partial charge in [0.05, 0.1) is 19.8 Å². The highest BCUT2D eigenvalue weighted by atomic mass is 16.7. The van der Waals surface area contributed by atoms with E-state index in [4.69, 9.17) is 23.7 Å². The minimum absolute atomic E-state index is 0.286. The van der Waals surface area contributed by atoms with E-state index >= 15 is 0 Å². The van der Waals surface area contributed by atoms with Crippen molar-refractivity contribution < 1.29 is 23.7 Å². The summed E-state index contributed by atoms with van der Waals surface area (Å²) in [7, 11) is 1.67. The van der Waals surface area contributed by atoms with Gasteiger partial charge in [-0.2, -0.15) is 0 Å². The second-order valence-electron chi connectivity index (χ2n) is 7.41. The van der Waals surface area contributed by atoms with Gasteiger partial charge < -0.3 is 23.7 Å². The lowest BCUT2D eigenvalue weighted by molar-refractivity contribution is 0.0678. The number of ether oxygens (including phenoxy) is 5. The van der Waals surface area contributed by atoms with E-state index < -0.39 is 0 Å². The molecule has 0 aromatic heterocycles. The fourth-order valence-corrected chi connectivity index (χ4v) is 3.90. The first-order valence-corrected chi connectivity index (χ1v) is 10.3. The number of nitrogens with zero attached hydrogens (tertiary/aromatic N) is 1. The predicted octanol–water partition coefficient (Wildman–Crippen LogP) is 4.00. The summed E-state index contributed by atoms with van der Waals surface area (Å²) in [6, 6.07) is 12.3. The maximum absolute atomic E-state index is 5.90. The molecule has 0 bridgehead atoms. The number of hydrogen-bond donors (Lipinski definition) is 0. The van der Waals surface area contributed by atoms with Crippen LogP contribution in [0.4, 0.5) is 0 Å². The average molecular weight is 399 g/mol. The molecule has 2 aromatic rings. The van der Waals surface area contributed by atoms with Gasteiger partial charge in [0, 0.05) is 26.2 Å². The number of methoxy groups -OCH3 is 1. The van der Waals surface area contributed by atoms with Crippen LogP contribution in [-0.4, -0.2) is 44.7 Å². The maximum Gasteiger partial charge on any atom is 0.231 e. The Labute approximate surface area is 172 Å². The Morgan fingerprint density at radius 3 is 2.55 bits per heavy atom. The fourth-order valence-electron chi connectivity index (χ4n) is 3.90. The second-order valence-corrected chi connectivity index (χ2v) is 7.41. The van der Waals surface area contributed by atoms with Crippen molar-refractivity contribution in [3.8, 4) is 23.0 Å². The summed E-state index contributed by atoms with van der Waals surface area (Å²) < 4.78 is 28.1. The van der Waals surface area contributed by atoms with Crippen LogP contribution in [0.1, 0.15) is 30.9 Å². The first-order chi connectivity index (χ1) is 14.2. The normalized spacial score (nSPS) is 17.7. The number of fused-ring (bicyclic) bond motifs is 1. The molecular formula is C23H29NO5. The SMILES string of the molecule is CCOc1cc(CN(Cc2ccc3c(c2)OCO3)CC2CCCO2)ccc1OC. The van der Waals surface area contributed by atoms with Crippen LogP contribution < -0.4 is 18.9 Å². The van der Waals surface area contributed by atoms with E-state index in [9.17, 15) is 0 Å². The molecule has 4 rings (SSSR count). The third-order valence-electron chi connectivity index (χ3n) is 5.26. The zero-order valence-corrected chi connectivity index (χ0v) is 17.2. The Morgan fingerprint density at radius 2 is 1.79 bits per heavy atom. The topological polar surface area (TPSA) is 49.4 Å². The Kier molecular flexibility index (Phi) is 6.42. The van der Waals surface area contributed by atoms with E-state index in [1.165, 1.54) is 11.1 Å². The molecule has 0 saturated carbocycles. The van der Waals surface area contributed by atoms with E-state index in [1.807, 2.05) is 19.1 Å². The molecule has 0 amide bonds. The third-order valence-corrected chi connectivity index (χ3v) is 5.26. The van der Waals surface area contributed by atoms with E-state index in [1.54, 1.807) is 7.11 Å². The van der Waals surface area contributed by atoms with Gasteiger partial charge in [-0.15, -0.1) is 0 Å². The molecule has 2 heterocycles. The molecule has 2 aliphatic rings. The minimum atomic E-state index is 0.286. The van der Waals surface area contributed by atoms with Crippen molar-refractivity contribution in [3.05, 3.63) is 47.5 Å². The molecule has 6 heteroatoms. The van der Waals surface area contributed by atoms with Gasteiger partial charge in [0.2, 0.25) is 6.79 Å². The van der Waals surface area contributed by atoms with Gasteiger partial charge in [-0.1, -0.05) is 12.1 Å². The maximum atomic E-state index is 5.90. The highest BCUT2D eigenvalue weighted by Crippen LogP contribution is 2.33. The van der Waals surface area contributed by atoms with Crippen LogP contribution in [0, 0.1) is 0 Å². The second kappa shape index (κ2) is 9.37. The van der Waals surface area contributed by atoms with Gasteiger partial charge in [-0.05, 0) is 55.2 Å². The van der Waals surface area contributed by atoms with Crippen LogP contribution in [0.3, 0.4) is 0 Å². The van der Waals surface area contributed by atoms with E-state index in [0.717, 1.165) is 62.1 Å². The van der Waals surface area contributed by atoms with Crippen molar-refractivity contribution in [2.24, 2.45) is 0 Å². The zero-order valence-electron chi connectivity index (χ0n) is 17.2. The summed E-state index contributed by atoms with van der Waals surface area (Å²) in [5.74, 6) is 3.18. The van der Waals surface area contributed by atoms with Crippen molar-refractivity contribution in [1.29, 1.82) is 0 Å². The van der Waals surface area contributed by atoms with Gasteiger partial charge >= 0.3 is 0 Å². The van der Waals surface area contributed by atoms with Gasteiger partial charge in [-0.3, -0.25) is 4.90 Å². The molecule has 29 heavy (non-hydrogen) atoms. The highest BCUT2D eigenvalue weighted by molar-refractivity contribution is 5.45. The number of rotatable bonds is 9. The molecule has 0 N–H and O–H groups in total. The summed E-state index contributed by atoms with van der Waals surface area (Å²) in [5, 5.41) is 0. The molecule has 156 valence electrons. The van der Waals surface area contributed by atoms with Crippen molar-refractivity contribution in [1.82, 2.24) is 4.90 Å². The van der Waals surface area contributed by atoms with Crippen molar-refractivity contribution >= 4 is 0 Å². The number of benzene rings is 2. The fraction of sp³-hybridized carbons (Fsp3) is 0.478.